The molecule has 0 saturated heterocycles. The molecule has 1 fully saturated rings. The molecule has 0 aliphatic heterocycles. The maximum atomic E-state index is 11.6. The van der Waals surface area contributed by atoms with Gasteiger partial charge in [0.2, 0.25) is 5.91 Å². The summed E-state index contributed by atoms with van der Waals surface area (Å²) in [6.45, 7) is 2.34. The first-order valence-electron chi connectivity index (χ1n) is 5.13. The molecule has 14 heavy (non-hydrogen) atoms. The average Bonchev–Trinajstić information content (AvgIpc) is 2.86. The summed E-state index contributed by atoms with van der Waals surface area (Å²) in [7, 11) is 0. The average molecular weight is 199 g/mol. The van der Waals surface area contributed by atoms with E-state index in [1.807, 2.05) is 6.92 Å². The molecule has 0 atom stereocenters. The largest absolute Gasteiger partial charge is 0.480 e. The molecule has 0 spiro atoms. The van der Waals surface area contributed by atoms with Crippen molar-refractivity contribution in [2.75, 3.05) is 13.1 Å². The molecule has 4 heteroatoms. The minimum Gasteiger partial charge on any atom is -0.480 e. The second kappa shape index (κ2) is 4.98. The summed E-state index contributed by atoms with van der Waals surface area (Å²) in [5.74, 6) is -0.407. The maximum absolute atomic E-state index is 11.6. The van der Waals surface area contributed by atoms with Crippen LogP contribution in [0.15, 0.2) is 0 Å². The molecule has 1 saturated carbocycles. The highest BCUT2D eigenvalue weighted by Gasteiger charge is 2.27. The highest BCUT2D eigenvalue weighted by atomic mass is 16.4. The van der Waals surface area contributed by atoms with Crippen LogP contribution < -0.4 is 0 Å². The molecule has 4 nitrogen and oxygen atoms in total. The van der Waals surface area contributed by atoms with Crippen molar-refractivity contribution in [3.63, 3.8) is 0 Å². The van der Waals surface area contributed by atoms with Crippen molar-refractivity contribution in [1.29, 1.82) is 0 Å². The van der Waals surface area contributed by atoms with E-state index >= 15 is 0 Å². The Hall–Kier alpha value is -1.06. The lowest BCUT2D eigenvalue weighted by atomic mass is 10.2. The molecule has 1 aliphatic carbocycles. The predicted octanol–water partition coefficient (Wildman–Crippen LogP) is 1.11. The first kappa shape index (κ1) is 11.0. The molecule has 80 valence electrons. The summed E-state index contributed by atoms with van der Waals surface area (Å²) in [5, 5.41) is 8.62. The summed E-state index contributed by atoms with van der Waals surface area (Å²) in [6.07, 6.45) is 3.59. The number of amides is 1. The van der Waals surface area contributed by atoms with Crippen LogP contribution in [0.25, 0.3) is 0 Å². The molecular formula is C10H17NO3. The molecule has 1 rings (SSSR count). The summed E-state index contributed by atoms with van der Waals surface area (Å²) in [4.78, 5) is 23.5. The first-order chi connectivity index (χ1) is 6.63. The van der Waals surface area contributed by atoms with Gasteiger partial charge in [0.1, 0.15) is 6.54 Å². The molecule has 1 N–H and O–H groups in total. The van der Waals surface area contributed by atoms with E-state index in [-0.39, 0.29) is 12.5 Å². The molecular weight excluding hydrogens is 182 g/mol. The van der Waals surface area contributed by atoms with Gasteiger partial charge in [-0.15, -0.1) is 0 Å². The number of nitrogens with zero attached hydrogens (tertiary/aromatic N) is 1. The Kier molecular flexibility index (Phi) is 3.92. The van der Waals surface area contributed by atoms with E-state index in [9.17, 15) is 9.59 Å². The molecule has 0 bridgehead atoms. The van der Waals surface area contributed by atoms with E-state index in [4.69, 9.17) is 5.11 Å². The number of carbonyl (C=O) groups is 2. The van der Waals surface area contributed by atoms with E-state index in [0.717, 1.165) is 19.3 Å². The van der Waals surface area contributed by atoms with Crippen molar-refractivity contribution in [3.8, 4) is 0 Å². The van der Waals surface area contributed by atoms with Crippen LogP contribution in [0.5, 0.6) is 0 Å². The zero-order valence-electron chi connectivity index (χ0n) is 8.53. The standard InChI is InChI=1S/C10H17NO3/c1-2-5-11(7-10(13)14)9(12)6-8-3-4-8/h8H,2-7H2,1H3,(H,13,14). The number of carbonyl (C=O) groups excluding carboxylic acids is 1. The van der Waals surface area contributed by atoms with E-state index in [1.54, 1.807) is 0 Å². The number of aliphatic carboxylic acids is 1. The molecule has 0 aromatic carbocycles. The van der Waals surface area contributed by atoms with Gasteiger partial charge < -0.3 is 10.0 Å². The second-order valence-electron chi connectivity index (χ2n) is 3.86. The van der Waals surface area contributed by atoms with Gasteiger partial charge in [-0.2, -0.15) is 0 Å². The van der Waals surface area contributed by atoms with Gasteiger partial charge in [0, 0.05) is 13.0 Å². The van der Waals surface area contributed by atoms with Crippen LogP contribution in [0.3, 0.4) is 0 Å². The van der Waals surface area contributed by atoms with Crippen molar-refractivity contribution in [1.82, 2.24) is 4.90 Å². The van der Waals surface area contributed by atoms with Gasteiger partial charge in [-0.1, -0.05) is 6.92 Å². The van der Waals surface area contributed by atoms with Crippen LogP contribution in [-0.4, -0.2) is 35.0 Å². The van der Waals surface area contributed by atoms with Crippen LogP contribution in [-0.2, 0) is 9.59 Å². The monoisotopic (exact) mass is 199 g/mol. The number of rotatable bonds is 6. The van der Waals surface area contributed by atoms with E-state index in [0.29, 0.717) is 18.9 Å². The highest BCUT2D eigenvalue weighted by molar-refractivity contribution is 5.81. The lowest BCUT2D eigenvalue weighted by Gasteiger charge is -2.19. The molecule has 0 aromatic heterocycles. The summed E-state index contributed by atoms with van der Waals surface area (Å²) in [6, 6.07) is 0. The maximum Gasteiger partial charge on any atom is 0.323 e. The van der Waals surface area contributed by atoms with Crippen molar-refractivity contribution >= 4 is 11.9 Å². The highest BCUT2D eigenvalue weighted by Crippen LogP contribution is 2.32. The van der Waals surface area contributed by atoms with E-state index < -0.39 is 5.97 Å². The fourth-order valence-electron chi connectivity index (χ4n) is 1.42. The van der Waals surface area contributed by atoms with E-state index in [2.05, 4.69) is 0 Å². The molecule has 1 amide bonds. The van der Waals surface area contributed by atoms with Gasteiger partial charge in [0.15, 0.2) is 0 Å². The quantitative estimate of drug-likeness (QED) is 0.697. The molecule has 0 aromatic rings. The third-order valence-electron chi connectivity index (χ3n) is 2.33. The Bertz CT molecular complexity index is 223. The fraction of sp³-hybridized carbons (Fsp3) is 0.800. The molecule has 0 heterocycles. The Morgan fingerprint density at radius 1 is 1.43 bits per heavy atom. The number of carboxylic acid groups (broad SMARTS) is 1. The fourth-order valence-corrected chi connectivity index (χ4v) is 1.42. The Morgan fingerprint density at radius 3 is 2.50 bits per heavy atom. The van der Waals surface area contributed by atoms with Gasteiger partial charge in [-0.3, -0.25) is 9.59 Å². The molecule has 1 aliphatic rings. The van der Waals surface area contributed by atoms with E-state index in [1.165, 1.54) is 4.90 Å². The SMILES string of the molecule is CCCN(CC(=O)O)C(=O)CC1CC1. The van der Waals surface area contributed by atoms with Gasteiger partial charge in [-0.05, 0) is 25.2 Å². The van der Waals surface area contributed by atoms with Crippen molar-refractivity contribution < 1.29 is 14.7 Å². The van der Waals surface area contributed by atoms with Crippen LogP contribution in [0.4, 0.5) is 0 Å². The third kappa shape index (κ3) is 3.77. The van der Waals surface area contributed by atoms with Crippen molar-refractivity contribution in [2.24, 2.45) is 5.92 Å². The second-order valence-corrected chi connectivity index (χ2v) is 3.86. The zero-order chi connectivity index (χ0) is 10.6. The summed E-state index contributed by atoms with van der Waals surface area (Å²) >= 11 is 0. The smallest absolute Gasteiger partial charge is 0.323 e. The predicted molar refractivity (Wildman–Crippen MR) is 51.8 cm³/mol. The van der Waals surface area contributed by atoms with Gasteiger partial charge >= 0.3 is 5.97 Å². The summed E-state index contributed by atoms with van der Waals surface area (Å²) < 4.78 is 0. The Labute approximate surface area is 83.9 Å². The number of hydrogen-bond donors (Lipinski definition) is 1. The Morgan fingerprint density at radius 2 is 2.07 bits per heavy atom. The Balaban J connectivity index is 2.37. The van der Waals surface area contributed by atoms with Gasteiger partial charge in [-0.25, -0.2) is 0 Å². The lowest BCUT2D eigenvalue weighted by molar-refractivity contribution is -0.144. The zero-order valence-corrected chi connectivity index (χ0v) is 8.53. The van der Waals surface area contributed by atoms with Gasteiger partial charge in [0.25, 0.3) is 0 Å². The molecule has 0 radical (unpaired) electrons. The summed E-state index contributed by atoms with van der Waals surface area (Å²) in [5.41, 5.74) is 0. The van der Waals surface area contributed by atoms with Crippen LogP contribution >= 0.6 is 0 Å². The minimum absolute atomic E-state index is 0.00301. The van der Waals surface area contributed by atoms with Crippen molar-refractivity contribution in [3.05, 3.63) is 0 Å². The van der Waals surface area contributed by atoms with Crippen LogP contribution in [0.1, 0.15) is 32.6 Å². The molecule has 0 unspecified atom stereocenters. The number of carboxylic acids is 1. The normalized spacial score (nSPS) is 15.2. The van der Waals surface area contributed by atoms with Crippen molar-refractivity contribution in [2.45, 2.75) is 32.6 Å². The van der Waals surface area contributed by atoms with Crippen LogP contribution in [0, 0.1) is 5.92 Å². The van der Waals surface area contributed by atoms with Gasteiger partial charge in [0.05, 0.1) is 0 Å². The van der Waals surface area contributed by atoms with Crippen LogP contribution in [0.2, 0.25) is 0 Å². The first-order valence-corrected chi connectivity index (χ1v) is 5.13. The lowest BCUT2D eigenvalue weighted by Crippen LogP contribution is -2.36. The topological polar surface area (TPSA) is 57.6 Å². The third-order valence-corrected chi connectivity index (χ3v) is 2.33. The minimum atomic E-state index is -0.928. The number of hydrogen-bond acceptors (Lipinski definition) is 2.